The van der Waals surface area contributed by atoms with Gasteiger partial charge in [-0.2, -0.15) is 0 Å². The Balaban J connectivity index is 2.76. The van der Waals surface area contributed by atoms with Crippen LogP contribution in [-0.2, 0) is 10.5 Å². The Morgan fingerprint density at radius 3 is 2.53 bits per heavy atom. The maximum Gasteiger partial charge on any atom is 0.188 e. The van der Waals surface area contributed by atoms with Crippen LogP contribution in [0, 0.1) is 0 Å². The van der Waals surface area contributed by atoms with Gasteiger partial charge in [0.05, 0.1) is 0 Å². The Labute approximate surface area is 87.5 Å². The molecule has 0 heterocycles. The molecule has 2 aromatic carbocycles. The summed E-state index contributed by atoms with van der Waals surface area (Å²) >= 11 is 0. The molecule has 0 radical (unpaired) electrons. The molecule has 0 aliphatic heterocycles. The SMILES string of the molecule is CC(F)(C=O)c1cccc2ccccc12. The second kappa shape index (κ2) is 3.46. The van der Waals surface area contributed by atoms with Crippen LogP contribution in [0.1, 0.15) is 12.5 Å². The number of hydrogen-bond donors (Lipinski definition) is 0. The van der Waals surface area contributed by atoms with Crippen LogP contribution < -0.4 is 0 Å². The summed E-state index contributed by atoms with van der Waals surface area (Å²) in [4.78, 5) is 10.7. The summed E-state index contributed by atoms with van der Waals surface area (Å²) in [7, 11) is 0. The normalized spacial score (nSPS) is 14.8. The van der Waals surface area contributed by atoms with Crippen molar-refractivity contribution in [1.29, 1.82) is 0 Å². The molecule has 0 fully saturated rings. The Morgan fingerprint density at radius 2 is 1.80 bits per heavy atom. The van der Waals surface area contributed by atoms with Gasteiger partial charge >= 0.3 is 0 Å². The van der Waals surface area contributed by atoms with Crippen molar-refractivity contribution in [3.63, 3.8) is 0 Å². The van der Waals surface area contributed by atoms with Crippen molar-refractivity contribution in [2.75, 3.05) is 0 Å². The molecule has 1 atom stereocenters. The van der Waals surface area contributed by atoms with Crippen LogP contribution in [0.15, 0.2) is 42.5 Å². The number of benzene rings is 2. The van der Waals surface area contributed by atoms with Crippen molar-refractivity contribution in [2.24, 2.45) is 0 Å². The van der Waals surface area contributed by atoms with E-state index in [9.17, 15) is 9.18 Å². The molecule has 0 saturated carbocycles. The second-order valence-electron chi connectivity index (χ2n) is 3.72. The smallest absolute Gasteiger partial charge is 0.188 e. The first-order valence-electron chi connectivity index (χ1n) is 4.78. The van der Waals surface area contributed by atoms with Crippen molar-refractivity contribution in [3.05, 3.63) is 48.0 Å². The monoisotopic (exact) mass is 202 g/mol. The van der Waals surface area contributed by atoms with Crippen molar-refractivity contribution in [2.45, 2.75) is 12.6 Å². The third kappa shape index (κ3) is 1.63. The second-order valence-corrected chi connectivity index (χ2v) is 3.72. The number of hydrogen-bond acceptors (Lipinski definition) is 1. The minimum absolute atomic E-state index is 0.342. The minimum atomic E-state index is -1.92. The molecule has 1 unspecified atom stereocenters. The fraction of sp³-hybridized carbons (Fsp3) is 0.154. The number of aldehydes is 1. The van der Waals surface area contributed by atoms with E-state index in [0.29, 0.717) is 11.8 Å². The van der Waals surface area contributed by atoms with E-state index in [1.165, 1.54) is 6.92 Å². The number of rotatable bonds is 2. The molecule has 2 heteroatoms. The van der Waals surface area contributed by atoms with E-state index in [4.69, 9.17) is 0 Å². The molecule has 15 heavy (non-hydrogen) atoms. The summed E-state index contributed by atoms with van der Waals surface area (Å²) in [5, 5.41) is 1.73. The van der Waals surface area contributed by atoms with Crippen LogP contribution in [0.3, 0.4) is 0 Å². The maximum atomic E-state index is 13.9. The van der Waals surface area contributed by atoms with Crippen LogP contribution in [-0.4, -0.2) is 6.29 Å². The molecule has 0 aliphatic rings. The van der Waals surface area contributed by atoms with E-state index in [-0.39, 0.29) is 0 Å². The van der Waals surface area contributed by atoms with Gasteiger partial charge in [-0.25, -0.2) is 4.39 Å². The first-order chi connectivity index (χ1) is 7.15. The largest absolute Gasteiger partial charge is 0.299 e. The van der Waals surface area contributed by atoms with Crippen LogP contribution in [0.5, 0.6) is 0 Å². The number of fused-ring (bicyclic) bond motifs is 1. The van der Waals surface area contributed by atoms with E-state index in [1.807, 2.05) is 30.3 Å². The standard InChI is InChI=1S/C13H11FO/c1-13(14,9-15)12-8-4-6-10-5-2-3-7-11(10)12/h2-9H,1H3. The van der Waals surface area contributed by atoms with Gasteiger partial charge < -0.3 is 0 Å². The molecule has 0 bridgehead atoms. The summed E-state index contributed by atoms with van der Waals surface area (Å²) in [6, 6.07) is 12.8. The average Bonchev–Trinajstić information content (AvgIpc) is 2.28. The fourth-order valence-electron chi connectivity index (χ4n) is 1.72. The lowest BCUT2D eigenvalue weighted by atomic mass is 9.93. The molecule has 0 amide bonds. The Morgan fingerprint density at radius 1 is 1.13 bits per heavy atom. The Bertz CT molecular complexity index is 497. The number of carbonyl (C=O) groups excluding carboxylic acids is 1. The predicted molar refractivity (Wildman–Crippen MR) is 58.5 cm³/mol. The molecule has 0 aliphatic carbocycles. The first kappa shape index (κ1) is 9.84. The van der Waals surface area contributed by atoms with E-state index in [2.05, 4.69) is 0 Å². The average molecular weight is 202 g/mol. The number of alkyl halides is 1. The van der Waals surface area contributed by atoms with Gasteiger partial charge in [-0.3, -0.25) is 4.79 Å². The molecule has 0 N–H and O–H groups in total. The van der Waals surface area contributed by atoms with Crippen molar-refractivity contribution in [3.8, 4) is 0 Å². The predicted octanol–water partition coefficient (Wildman–Crippen LogP) is 3.22. The zero-order valence-corrected chi connectivity index (χ0v) is 8.41. The van der Waals surface area contributed by atoms with Gasteiger partial charge in [0.1, 0.15) is 0 Å². The van der Waals surface area contributed by atoms with Gasteiger partial charge in [0, 0.05) is 5.56 Å². The van der Waals surface area contributed by atoms with E-state index >= 15 is 0 Å². The molecule has 1 nitrogen and oxygen atoms in total. The Hall–Kier alpha value is -1.70. The van der Waals surface area contributed by atoms with Gasteiger partial charge in [0.2, 0.25) is 0 Å². The lowest BCUT2D eigenvalue weighted by molar-refractivity contribution is -0.117. The van der Waals surface area contributed by atoms with Gasteiger partial charge in [0.25, 0.3) is 0 Å². The summed E-state index contributed by atoms with van der Waals surface area (Å²) < 4.78 is 13.9. The zero-order chi connectivity index (χ0) is 10.9. The minimum Gasteiger partial charge on any atom is -0.299 e. The highest BCUT2D eigenvalue weighted by Gasteiger charge is 2.26. The molecule has 76 valence electrons. The molecule has 0 aromatic heterocycles. The van der Waals surface area contributed by atoms with E-state index in [0.717, 1.165) is 10.8 Å². The van der Waals surface area contributed by atoms with Gasteiger partial charge in [-0.1, -0.05) is 42.5 Å². The Kier molecular flexibility index (Phi) is 2.27. The van der Waals surface area contributed by atoms with Gasteiger partial charge in [0.15, 0.2) is 12.0 Å². The number of carbonyl (C=O) groups is 1. The van der Waals surface area contributed by atoms with E-state index < -0.39 is 5.67 Å². The lowest BCUT2D eigenvalue weighted by Gasteiger charge is -2.15. The highest BCUT2D eigenvalue weighted by Crippen LogP contribution is 2.29. The first-order valence-corrected chi connectivity index (χ1v) is 4.78. The third-order valence-electron chi connectivity index (χ3n) is 2.54. The van der Waals surface area contributed by atoms with Crippen LogP contribution in [0.4, 0.5) is 4.39 Å². The van der Waals surface area contributed by atoms with Crippen molar-refractivity contribution >= 4 is 17.1 Å². The van der Waals surface area contributed by atoms with Gasteiger partial charge in [-0.15, -0.1) is 0 Å². The molecule has 2 aromatic rings. The topological polar surface area (TPSA) is 17.1 Å². The summed E-state index contributed by atoms with van der Waals surface area (Å²) in [6.07, 6.45) is 0.342. The quantitative estimate of drug-likeness (QED) is 0.683. The van der Waals surface area contributed by atoms with E-state index in [1.54, 1.807) is 12.1 Å². The molecular weight excluding hydrogens is 191 g/mol. The summed E-state index contributed by atoms with van der Waals surface area (Å²) in [6.45, 7) is 1.28. The third-order valence-corrected chi connectivity index (χ3v) is 2.54. The molecule has 0 spiro atoms. The summed E-state index contributed by atoms with van der Waals surface area (Å²) in [5.74, 6) is 0. The maximum absolute atomic E-state index is 13.9. The highest BCUT2D eigenvalue weighted by atomic mass is 19.1. The van der Waals surface area contributed by atoms with Crippen molar-refractivity contribution in [1.82, 2.24) is 0 Å². The van der Waals surface area contributed by atoms with Crippen LogP contribution in [0.25, 0.3) is 10.8 Å². The van der Waals surface area contributed by atoms with Gasteiger partial charge in [-0.05, 0) is 17.7 Å². The zero-order valence-electron chi connectivity index (χ0n) is 8.41. The molecule has 0 saturated heterocycles. The van der Waals surface area contributed by atoms with Crippen LogP contribution >= 0.6 is 0 Å². The number of halogens is 1. The lowest BCUT2D eigenvalue weighted by Crippen LogP contribution is -2.16. The highest BCUT2D eigenvalue weighted by molar-refractivity contribution is 5.89. The molecule has 2 rings (SSSR count). The van der Waals surface area contributed by atoms with Crippen molar-refractivity contribution < 1.29 is 9.18 Å². The molecular formula is C13H11FO. The summed E-state index contributed by atoms with van der Waals surface area (Å²) in [5.41, 5.74) is -1.49. The van der Waals surface area contributed by atoms with Crippen LogP contribution in [0.2, 0.25) is 0 Å². The fourth-order valence-corrected chi connectivity index (χ4v) is 1.72.